The molecule has 1 N–H and O–H groups in total. The molecular formula is C16H24N2OS. The highest BCUT2D eigenvalue weighted by Gasteiger charge is 2.13. The van der Waals surface area contributed by atoms with Crippen LogP contribution in [0.4, 0.5) is 0 Å². The van der Waals surface area contributed by atoms with E-state index in [4.69, 9.17) is 17.0 Å². The van der Waals surface area contributed by atoms with Crippen LogP contribution in [0.3, 0.4) is 0 Å². The lowest BCUT2D eigenvalue weighted by Crippen LogP contribution is -2.09. The van der Waals surface area contributed by atoms with Crippen molar-refractivity contribution in [2.75, 3.05) is 0 Å². The van der Waals surface area contributed by atoms with Crippen LogP contribution in [0.1, 0.15) is 40.5 Å². The van der Waals surface area contributed by atoms with Crippen LogP contribution < -0.4 is 4.74 Å². The molecule has 0 aliphatic rings. The molecule has 1 aromatic heterocycles. The Morgan fingerprint density at radius 3 is 2.55 bits per heavy atom. The van der Waals surface area contributed by atoms with Gasteiger partial charge in [-0.2, -0.15) is 0 Å². The SMILES string of the molecule is CCC(CC)Cn1c(=S)[nH]c2c(OC(C)C)cccc21. The van der Waals surface area contributed by atoms with Crippen LogP contribution >= 0.6 is 12.2 Å². The van der Waals surface area contributed by atoms with Crippen molar-refractivity contribution in [1.29, 1.82) is 0 Å². The largest absolute Gasteiger partial charge is 0.489 e. The maximum atomic E-state index is 5.86. The van der Waals surface area contributed by atoms with Gasteiger partial charge in [0.15, 0.2) is 4.77 Å². The number of hydrogen-bond donors (Lipinski definition) is 1. The second-order valence-corrected chi connectivity index (χ2v) is 5.93. The Balaban J connectivity index is 2.46. The second-order valence-electron chi connectivity index (χ2n) is 5.54. The second kappa shape index (κ2) is 6.44. The summed E-state index contributed by atoms with van der Waals surface area (Å²) < 4.78 is 8.85. The van der Waals surface area contributed by atoms with E-state index in [1.807, 2.05) is 26.0 Å². The van der Waals surface area contributed by atoms with Gasteiger partial charge in [-0.15, -0.1) is 0 Å². The molecule has 1 aromatic carbocycles. The van der Waals surface area contributed by atoms with Crippen LogP contribution in [0.5, 0.6) is 5.75 Å². The summed E-state index contributed by atoms with van der Waals surface area (Å²) in [6.07, 6.45) is 2.50. The molecule has 0 fully saturated rings. The van der Waals surface area contributed by atoms with Crippen molar-refractivity contribution in [3.8, 4) is 5.75 Å². The first-order valence-corrected chi connectivity index (χ1v) is 7.85. The number of hydrogen-bond acceptors (Lipinski definition) is 2. The first-order chi connectivity index (χ1) is 9.56. The van der Waals surface area contributed by atoms with E-state index in [-0.39, 0.29) is 6.10 Å². The van der Waals surface area contributed by atoms with Gasteiger partial charge in [-0.25, -0.2) is 0 Å². The van der Waals surface area contributed by atoms with Crippen LogP contribution in [-0.4, -0.2) is 15.7 Å². The van der Waals surface area contributed by atoms with Gasteiger partial charge in [0.05, 0.1) is 11.6 Å². The van der Waals surface area contributed by atoms with Gasteiger partial charge in [-0.05, 0) is 44.1 Å². The normalized spacial score (nSPS) is 11.7. The molecule has 0 bridgehead atoms. The Labute approximate surface area is 126 Å². The number of nitrogens with zero attached hydrogens (tertiary/aromatic N) is 1. The maximum absolute atomic E-state index is 5.86. The predicted octanol–water partition coefficient (Wildman–Crippen LogP) is 4.92. The fourth-order valence-corrected chi connectivity index (χ4v) is 2.77. The van der Waals surface area contributed by atoms with Gasteiger partial charge in [-0.1, -0.05) is 32.8 Å². The standard InChI is InChI=1S/C16H24N2OS/c1-5-12(6-2)10-18-13-8-7-9-14(19-11(3)4)15(13)17-16(18)20/h7-9,11-12H,5-6,10H2,1-4H3,(H,17,20). The zero-order valence-corrected chi connectivity index (χ0v) is 13.6. The van der Waals surface area contributed by atoms with E-state index in [1.54, 1.807) is 0 Å². The van der Waals surface area contributed by atoms with Crippen molar-refractivity contribution in [3.63, 3.8) is 0 Å². The van der Waals surface area contributed by atoms with Gasteiger partial charge >= 0.3 is 0 Å². The van der Waals surface area contributed by atoms with E-state index in [0.29, 0.717) is 5.92 Å². The maximum Gasteiger partial charge on any atom is 0.178 e. The number of imidazole rings is 1. The van der Waals surface area contributed by atoms with Gasteiger partial charge in [0.2, 0.25) is 0 Å². The monoisotopic (exact) mass is 292 g/mol. The number of ether oxygens (including phenoxy) is 1. The van der Waals surface area contributed by atoms with Gasteiger partial charge in [0.1, 0.15) is 11.3 Å². The van der Waals surface area contributed by atoms with Crippen LogP contribution in [0.15, 0.2) is 18.2 Å². The van der Waals surface area contributed by atoms with E-state index in [2.05, 4.69) is 29.5 Å². The van der Waals surface area contributed by atoms with Crippen molar-refractivity contribution in [2.24, 2.45) is 5.92 Å². The first-order valence-electron chi connectivity index (χ1n) is 7.45. The lowest BCUT2D eigenvalue weighted by Gasteiger charge is -2.14. The van der Waals surface area contributed by atoms with Crippen molar-refractivity contribution < 1.29 is 4.74 Å². The number of benzene rings is 1. The molecule has 3 nitrogen and oxygen atoms in total. The average Bonchev–Trinajstić information content (AvgIpc) is 2.73. The average molecular weight is 292 g/mol. The van der Waals surface area contributed by atoms with Gasteiger partial charge < -0.3 is 14.3 Å². The number of aromatic amines is 1. The summed E-state index contributed by atoms with van der Waals surface area (Å²) in [6, 6.07) is 6.14. The fourth-order valence-electron chi connectivity index (χ4n) is 2.49. The molecule has 0 unspecified atom stereocenters. The highest BCUT2D eigenvalue weighted by molar-refractivity contribution is 7.71. The highest BCUT2D eigenvalue weighted by Crippen LogP contribution is 2.27. The van der Waals surface area contributed by atoms with Crippen molar-refractivity contribution in [1.82, 2.24) is 9.55 Å². The van der Waals surface area contributed by atoms with Crippen LogP contribution in [-0.2, 0) is 6.54 Å². The molecule has 1 heterocycles. The van der Waals surface area contributed by atoms with Gasteiger partial charge in [0, 0.05) is 6.54 Å². The summed E-state index contributed by atoms with van der Waals surface area (Å²) in [6.45, 7) is 9.51. The molecule has 20 heavy (non-hydrogen) atoms. The molecule has 4 heteroatoms. The molecule has 0 radical (unpaired) electrons. The van der Waals surface area contributed by atoms with Gasteiger partial charge in [-0.3, -0.25) is 0 Å². The summed E-state index contributed by atoms with van der Waals surface area (Å²) >= 11 is 5.49. The van der Waals surface area contributed by atoms with Crippen molar-refractivity contribution in [3.05, 3.63) is 23.0 Å². The van der Waals surface area contributed by atoms with Crippen molar-refractivity contribution >= 4 is 23.3 Å². The summed E-state index contributed by atoms with van der Waals surface area (Å²) in [5.41, 5.74) is 2.15. The predicted molar refractivity (Wildman–Crippen MR) is 87.0 cm³/mol. The van der Waals surface area contributed by atoms with Crippen LogP contribution in [0.2, 0.25) is 0 Å². The van der Waals surface area contributed by atoms with Crippen LogP contribution in [0.25, 0.3) is 11.0 Å². The molecule has 0 saturated carbocycles. The third kappa shape index (κ3) is 3.06. The third-order valence-corrected chi connectivity index (χ3v) is 4.05. The Morgan fingerprint density at radius 2 is 1.95 bits per heavy atom. The minimum atomic E-state index is 0.157. The molecule has 110 valence electrons. The third-order valence-electron chi connectivity index (χ3n) is 3.73. The zero-order chi connectivity index (χ0) is 14.7. The molecule has 0 aliphatic heterocycles. The Hall–Kier alpha value is -1.29. The molecule has 2 aromatic rings. The summed E-state index contributed by atoms with van der Waals surface area (Å²) in [5.74, 6) is 1.54. The molecule has 2 rings (SSSR count). The molecule has 0 atom stereocenters. The van der Waals surface area contributed by atoms with E-state index in [9.17, 15) is 0 Å². The van der Waals surface area contributed by atoms with Crippen LogP contribution in [0, 0.1) is 10.7 Å². The topological polar surface area (TPSA) is 29.9 Å². The molecule has 0 saturated heterocycles. The Morgan fingerprint density at radius 1 is 1.25 bits per heavy atom. The van der Waals surface area contributed by atoms with Gasteiger partial charge in [0.25, 0.3) is 0 Å². The zero-order valence-electron chi connectivity index (χ0n) is 12.8. The fraction of sp³-hybridized carbons (Fsp3) is 0.562. The quantitative estimate of drug-likeness (QED) is 0.766. The minimum absolute atomic E-state index is 0.157. The number of H-pyrrole nitrogens is 1. The molecular weight excluding hydrogens is 268 g/mol. The van der Waals surface area contributed by atoms with E-state index >= 15 is 0 Å². The number of para-hydroxylation sites is 1. The lowest BCUT2D eigenvalue weighted by atomic mass is 10.0. The molecule has 0 amide bonds. The summed E-state index contributed by atoms with van der Waals surface area (Å²) in [7, 11) is 0. The first kappa shape index (κ1) is 15.1. The molecule has 0 spiro atoms. The molecule has 0 aliphatic carbocycles. The Kier molecular flexibility index (Phi) is 4.86. The number of rotatable bonds is 6. The van der Waals surface area contributed by atoms with E-state index < -0.39 is 0 Å². The highest BCUT2D eigenvalue weighted by atomic mass is 32.1. The van der Waals surface area contributed by atoms with Crippen molar-refractivity contribution in [2.45, 2.75) is 53.2 Å². The number of aromatic nitrogens is 2. The number of fused-ring (bicyclic) bond motifs is 1. The lowest BCUT2D eigenvalue weighted by molar-refractivity contribution is 0.245. The summed E-state index contributed by atoms with van der Waals surface area (Å²) in [5, 5.41) is 0. The minimum Gasteiger partial charge on any atom is -0.489 e. The Bertz CT molecular complexity index is 623. The summed E-state index contributed by atoms with van der Waals surface area (Å²) in [4.78, 5) is 3.31. The smallest absolute Gasteiger partial charge is 0.178 e. The van der Waals surface area contributed by atoms with E-state index in [1.165, 1.54) is 12.8 Å². The number of nitrogens with one attached hydrogen (secondary N) is 1. The van der Waals surface area contributed by atoms with E-state index in [0.717, 1.165) is 28.1 Å².